The predicted molar refractivity (Wildman–Crippen MR) is 87.2 cm³/mol. The van der Waals surface area contributed by atoms with E-state index in [-0.39, 0.29) is 5.75 Å². The number of aromatic nitrogens is 3. The zero-order valence-electron chi connectivity index (χ0n) is 12.2. The molecule has 7 heteroatoms. The van der Waals surface area contributed by atoms with Crippen molar-refractivity contribution >= 4 is 23.2 Å². The molecule has 1 heterocycles. The normalized spacial score (nSPS) is 10.5. The number of phenols is 1. The number of carbonyl (C=O) groups excluding carboxylic acids is 1. The van der Waals surface area contributed by atoms with E-state index >= 15 is 0 Å². The number of nitrogens with zero attached hydrogens (tertiary/aromatic N) is 3. The van der Waals surface area contributed by atoms with Crippen LogP contribution in [-0.4, -0.2) is 25.8 Å². The van der Waals surface area contributed by atoms with E-state index in [0.717, 1.165) is 11.3 Å². The molecule has 0 fully saturated rings. The monoisotopic (exact) mass is 328 g/mol. The summed E-state index contributed by atoms with van der Waals surface area (Å²) in [6.07, 6.45) is 3.07. The number of amides is 1. The van der Waals surface area contributed by atoms with Crippen molar-refractivity contribution in [3.05, 3.63) is 65.2 Å². The number of aryl methyl sites for hydroxylation is 1. The van der Waals surface area contributed by atoms with Crippen LogP contribution in [0.25, 0.3) is 5.69 Å². The Bertz CT molecular complexity index is 863. The maximum Gasteiger partial charge on any atom is 0.257 e. The average Bonchev–Trinajstić information content (AvgIpc) is 3.04. The van der Waals surface area contributed by atoms with E-state index in [2.05, 4.69) is 15.5 Å². The molecule has 0 unspecified atom stereocenters. The summed E-state index contributed by atoms with van der Waals surface area (Å²) in [6, 6.07) is 10.0. The second-order valence-electron chi connectivity index (χ2n) is 5.01. The maximum absolute atomic E-state index is 12.3. The minimum atomic E-state index is -0.399. The van der Waals surface area contributed by atoms with Gasteiger partial charge in [0, 0.05) is 5.69 Å². The fourth-order valence-electron chi connectivity index (χ4n) is 2.12. The number of anilines is 1. The van der Waals surface area contributed by atoms with Gasteiger partial charge in [0.15, 0.2) is 0 Å². The van der Waals surface area contributed by atoms with Crippen molar-refractivity contribution in [2.75, 3.05) is 5.32 Å². The number of benzene rings is 2. The van der Waals surface area contributed by atoms with Crippen molar-refractivity contribution < 1.29 is 9.90 Å². The molecule has 2 N–H and O–H groups in total. The molecule has 3 aromatic rings. The first-order valence-corrected chi connectivity index (χ1v) is 7.18. The molecule has 0 bridgehead atoms. The van der Waals surface area contributed by atoms with Gasteiger partial charge in [0.1, 0.15) is 18.4 Å². The molecular weight excluding hydrogens is 316 g/mol. The average molecular weight is 329 g/mol. The highest BCUT2D eigenvalue weighted by Crippen LogP contribution is 2.26. The molecule has 0 atom stereocenters. The maximum atomic E-state index is 12.3. The summed E-state index contributed by atoms with van der Waals surface area (Å²) in [5, 5.41) is 20.2. The van der Waals surface area contributed by atoms with Crippen LogP contribution in [0.5, 0.6) is 5.75 Å². The second kappa shape index (κ2) is 6.10. The first-order chi connectivity index (χ1) is 11.0. The van der Waals surface area contributed by atoms with E-state index in [1.54, 1.807) is 41.0 Å². The van der Waals surface area contributed by atoms with Crippen molar-refractivity contribution in [1.29, 1.82) is 0 Å². The summed E-state index contributed by atoms with van der Waals surface area (Å²) >= 11 is 6.19. The van der Waals surface area contributed by atoms with Crippen LogP contribution < -0.4 is 5.32 Å². The number of hydrogen-bond donors (Lipinski definition) is 2. The van der Waals surface area contributed by atoms with Gasteiger partial charge >= 0.3 is 0 Å². The van der Waals surface area contributed by atoms with Crippen molar-refractivity contribution in [1.82, 2.24) is 14.8 Å². The third kappa shape index (κ3) is 3.17. The first-order valence-electron chi connectivity index (χ1n) is 6.80. The molecule has 1 aromatic heterocycles. The molecule has 0 saturated heterocycles. The number of rotatable bonds is 3. The lowest BCUT2D eigenvalue weighted by molar-refractivity contribution is 0.102. The van der Waals surface area contributed by atoms with Crippen LogP contribution in [0, 0.1) is 6.92 Å². The minimum absolute atomic E-state index is 0.00980. The fourth-order valence-corrected chi connectivity index (χ4v) is 2.38. The highest BCUT2D eigenvalue weighted by atomic mass is 35.5. The van der Waals surface area contributed by atoms with E-state index in [0.29, 0.717) is 16.3 Å². The molecule has 0 aliphatic carbocycles. The van der Waals surface area contributed by atoms with E-state index in [1.807, 2.05) is 6.92 Å². The number of nitrogens with one attached hydrogen (secondary N) is 1. The van der Waals surface area contributed by atoms with Crippen molar-refractivity contribution in [2.45, 2.75) is 6.92 Å². The number of aromatic hydroxyl groups is 1. The predicted octanol–water partition coefficient (Wildman–Crippen LogP) is 3.19. The Balaban J connectivity index is 1.85. The molecule has 1 amide bonds. The molecule has 3 rings (SSSR count). The van der Waals surface area contributed by atoms with Gasteiger partial charge in [0.05, 0.1) is 16.3 Å². The lowest BCUT2D eigenvalue weighted by atomic mass is 10.1. The Morgan fingerprint density at radius 3 is 2.57 bits per heavy atom. The standard InChI is InChI=1S/C16H13ClN4O2/c1-10-2-5-14(15(22)6-10)20-16(23)12-4-3-11(7-13(12)17)21-8-18-19-9-21/h2-9,22H,1H3,(H,20,23). The lowest BCUT2D eigenvalue weighted by Gasteiger charge is -2.10. The number of halogens is 1. The van der Waals surface area contributed by atoms with Gasteiger partial charge in [-0.25, -0.2) is 0 Å². The van der Waals surface area contributed by atoms with E-state index < -0.39 is 5.91 Å². The first kappa shape index (κ1) is 15.1. The van der Waals surface area contributed by atoms with E-state index in [9.17, 15) is 9.90 Å². The van der Waals surface area contributed by atoms with Crippen LogP contribution in [0.1, 0.15) is 15.9 Å². The molecule has 0 saturated carbocycles. The van der Waals surface area contributed by atoms with Crippen LogP contribution in [0.15, 0.2) is 49.1 Å². The van der Waals surface area contributed by atoms with E-state index in [1.165, 1.54) is 12.7 Å². The van der Waals surface area contributed by atoms with Crippen LogP contribution in [0.4, 0.5) is 5.69 Å². The number of phenolic OH excluding ortho intramolecular Hbond substituents is 1. The Morgan fingerprint density at radius 2 is 1.91 bits per heavy atom. The molecule has 23 heavy (non-hydrogen) atoms. The molecule has 0 aliphatic heterocycles. The van der Waals surface area contributed by atoms with Crippen LogP contribution in [0.3, 0.4) is 0 Å². The Labute approximate surface area is 137 Å². The number of hydrogen-bond acceptors (Lipinski definition) is 4. The summed E-state index contributed by atoms with van der Waals surface area (Å²) < 4.78 is 1.68. The van der Waals surface area contributed by atoms with Gasteiger partial charge in [-0.15, -0.1) is 10.2 Å². The van der Waals surface area contributed by atoms with Gasteiger partial charge in [0.25, 0.3) is 5.91 Å². The largest absolute Gasteiger partial charge is 0.506 e. The van der Waals surface area contributed by atoms with Gasteiger partial charge in [0.2, 0.25) is 0 Å². The lowest BCUT2D eigenvalue weighted by Crippen LogP contribution is -2.13. The van der Waals surface area contributed by atoms with Crippen molar-refractivity contribution in [2.24, 2.45) is 0 Å². The third-order valence-electron chi connectivity index (χ3n) is 3.32. The summed E-state index contributed by atoms with van der Waals surface area (Å²) in [5.41, 5.74) is 2.29. The van der Waals surface area contributed by atoms with Crippen molar-refractivity contribution in [3.8, 4) is 11.4 Å². The van der Waals surface area contributed by atoms with Gasteiger partial charge in [-0.05, 0) is 42.8 Å². The molecule has 6 nitrogen and oxygen atoms in total. The summed E-state index contributed by atoms with van der Waals surface area (Å²) in [7, 11) is 0. The highest BCUT2D eigenvalue weighted by Gasteiger charge is 2.13. The Hall–Kier alpha value is -2.86. The van der Waals surface area contributed by atoms with Crippen LogP contribution in [-0.2, 0) is 0 Å². The van der Waals surface area contributed by atoms with E-state index in [4.69, 9.17) is 11.6 Å². The van der Waals surface area contributed by atoms with Gasteiger partial charge in [-0.2, -0.15) is 0 Å². The highest BCUT2D eigenvalue weighted by molar-refractivity contribution is 6.34. The van der Waals surface area contributed by atoms with Crippen LogP contribution in [0.2, 0.25) is 5.02 Å². The molecule has 0 radical (unpaired) electrons. The van der Waals surface area contributed by atoms with Gasteiger partial charge in [-0.3, -0.25) is 9.36 Å². The topological polar surface area (TPSA) is 80.0 Å². The molecule has 2 aromatic carbocycles. The third-order valence-corrected chi connectivity index (χ3v) is 3.63. The van der Waals surface area contributed by atoms with Crippen molar-refractivity contribution in [3.63, 3.8) is 0 Å². The molecular formula is C16H13ClN4O2. The Morgan fingerprint density at radius 1 is 1.17 bits per heavy atom. The second-order valence-corrected chi connectivity index (χ2v) is 5.42. The van der Waals surface area contributed by atoms with Crippen LogP contribution >= 0.6 is 11.6 Å². The smallest absolute Gasteiger partial charge is 0.257 e. The fraction of sp³-hybridized carbons (Fsp3) is 0.0625. The molecule has 0 aliphatic rings. The molecule has 0 spiro atoms. The Kier molecular flexibility index (Phi) is 3.99. The summed E-state index contributed by atoms with van der Waals surface area (Å²) in [5.74, 6) is -0.389. The summed E-state index contributed by atoms with van der Waals surface area (Å²) in [4.78, 5) is 12.3. The van der Waals surface area contributed by atoms with Gasteiger partial charge in [-0.1, -0.05) is 17.7 Å². The SMILES string of the molecule is Cc1ccc(NC(=O)c2ccc(-n3cnnc3)cc2Cl)c(O)c1. The summed E-state index contributed by atoms with van der Waals surface area (Å²) in [6.45, 7) is 1.85. The quantitative estimate of drug-likeness (QED) is 0.724. The van der Waals surface area contributed by atoms with Gasteiger partial charge < -0.3 is 10.4 Å². The number of carbonyl (C=O) groups is 1. The molecule has 116 valence electrons. The zero-order chi connectivity index (χ0) is 16.4. The zero-order valence-corrected chi connectivity index (χ0v) is 12.9. The minimum Gasteiger partial charge on any atom is -0.506 e.